The number of aryl methyl sites for hydroxylation is 1. The number of amides is 2. The fraction of sp³-hybridized carbons (Fsp3) is 0.167. The number of carbonyl (C=O) groups is 1. The van der Waals surface area contributed by atoms with Gasteiger partial charge in [-0.25, -0.2) is 4.79 Å². The van der Waals surface area contributed by atoms with Crippen LogP contribution in [0.15, 0.2) is 65.7 Å². The number of nitrogens with zero attached hydrogens (tertiary/aromatic N) is 4. The standard InChI is InChI=1S/C24H21ClN6OS/c1-2-16-12-18-22(17-10-6-7-11-19(17)25)26-13-20-29-30-21(31(20)23(18)33-16)14-27-24(32)28-15-8-4-3-5-9-15/h3-12H,2,13-14H2,1H3,(H2,27,28,32). The molecule has 1 aliphatic rings. The Kier molecular flexibility index (Phi) is 5.93. The Hall–Kier alpha value is -3.49. The van der Waals surface area contributed by atoms with Gasteiger partial charge >= 0.3 is 6.03 Å². The first-order chi connectivity index (χ1) is 16.1. The summed E-state index contributed by atoms with van der Waals surface area (Å²) in [6.07, 6.45) is 0.901. The molecule has 2 aromatic heterocycles. The molecule has 0 aliphatic carbocycles. The smallest absolute Gasteiger partial charge is 0.319 e. The Bertz CT molecular complexity index is 1340. The molecule has 0 saturated carbocycles. The molecule has 7 nitrogen and oxygen atoms in total. The third-order valence-corrected chi connectivity index (χ3v) is 6.91. The summed E-state index contributed by atoms with van der Waals surface area (Å²) in [7, 11) is 0. The van der Waals surface area contributed by atoms with Gasteiger partial charge in [0.15, 0.2) is 11.6 Å². The van der Waals surface area contributed by atoms with Crippen LogP contribution in [-0.2, 0) is 19.5 Å². The normalized spacial score (nSPS) is 12.4. The second-order valence-corrected chi connectivity index (χ2v) is 8.99. The Labute approximate surface area is 200 Å². The van der Waals surface area contributed by atoms with E-state index in [1.807, 2.05) is 59.2 Å². The molecular formula is C24H21ClN6OS. The first-order valence-electron chi connectivity index (χ1n) is 10.6. The van der Waals surface area contributed by atoms with Crippen LogP contribution in [0.4, 0.5) is 10.5 Å². The van der Waals surface area contributed by atoms with Crippen molar-refractivity contribution < 1.29 is 4.79 Å². The highest BCUT2D eigenvalue weighted by Crippen LogP contribution is 2.34. The van der Waals surface area contributed by atoms with Gasteiger partial charge in [-0.3, -0.25) is 9.56 Å². The first-order valence-corrected chi connectivity index (χ1v) is 11.8. The zero-order chi connectivity index (χ0) is 22.8. The highest BCUT2D eigenvalue weighted by molar-refractivity contribution is 7.15. The fourth-order valence-electron chi connectivity index (χ4n) is 3.72. The number of rotatable bonds is 5. The van der Waals surface area contributed by atoms with E-state index < -0.39 is 0 Å². The number of benzene rings is 2. The third kappa shape index (κ3) is 4.27. The number of hydrogen-bond donors (Lipinski definition) is 2. The van der Waals surface area contributed by atoms with Gasteiger partial charge in [-0.05, 0) is 30.7 Å². The summed E-state index contributed by atoms with van der Waals surface area (Å²) < 4.78 is 2.01. The molecule has 1 aliphatic heterocycles. The lowest BCUT2D eigenvalue weighted by atomic mass is 10.0. The van der Waals surface area contributed by atoms with Crippen molar-refractivity contribution in [2.24, 2.45) is 4.99 Å². The van der Waals surface area contributed by atoms with Crippen LogP contribution in [0.25, 0.3) is 5.00 Å². The third-order valence-electron chi connectivity index (χ3n) is 5.31. The molecule has 0 saturated heterocycles. The van der Waals surface area contributed by atoms with Crippen LogP contribution in [0.3, 0.4) is 0 Å². The highest BCUT2D eigenvalue weighted by Gasteiger charge is 2.26. The number of thiophene rings is 1. The molecule has 2 amide bonds. The maximum Gasteiger partial charge on any atom is 0.319 e. The molecule has 166 valence electrons. The van der Waals surface area contributed by atoms with E-state index in [9.17, 15) is 4.79 Å². The van der Waals surface area contributed by atoms with Crippen LogP contribution in [0, 0.1) is 0 Å². The van der Waals surface area contributed by atoms with Crippen LogP contribution in [0.1, 0.15) is 34.6 Å². The molecule has 0 unspecified atom stereocenters. The molecular weight excluding hydrogens is 456 g/mol. The predicted octanol–water partition coefficient (Wildman–Crippen LogP) is 5.22. The average molecular weight is 477 g/mol. The maximum atomic E-state index is 12.4. The number of fused-ring (bicyclic) bond motifs is 3. The Morgan fingerprint density at radius 3 is 2.67 bits per heavy atom. The summed E-state index contributed by atoms with van der Waals surface area (Å²) in [5.74, 6) is 1.37. The lowest BCUT2D eigenvalue weighted by Gasteiger charge is -2.11. The lowest BCUT2D eigenvalue weighted by Crippen LogP contribution is -2.29. The number of carbonyl (C=O) groups excluding carboxylic acids is 1. The number of anilines is 1. The van der Waals surface area contributed by atoms with Crippen molar-refractivity contribution in [1.29, 1.82) is 0 Å². The molecule has 3 heterocycles. The number of hydrogen-bond acceptors (Lipinski definition) is 5. The lowest BCUT2D eigenvalue weighted by molar-refractivity contribution is 0.251. The molecule has 33 heavy (non-hydrogen) atoms. The van der Waals surface area contributed by atoms with Gasteiger partial charge in [0.05, 0.1) is 12.3 Å². The van der Waals surface area contributed by atoms with Crippen LogP contribution in [-0.4, -0.2) is 26.5 Å². The number of para-hydroxylation sites is 1. The second kappa shape index (κ2) is 9.17. The van der Waals surface area contributed by atoms with Gasteiger partial charge in [0.1, 0.15) is 11.5 Å². The van der Waals surface area contributed by atoms with Gasteiger partial charge < -0.3 is 10.6 Å². The summed E-state index contributed by atoms with van der Waals surface area (Å²) in [6.45, 7) is 2.72. The minimum atomic E-state index is -0.305. The van der Waals surface area contributed by atoms with E-state index in [0.29, 0.717) is 17.4 Å². The summed E-state index contributed by atoms with van der Waals surface area (Å²) >= 11 is 8.20. The van der Waals surface area contributed by atoms with E-state index in [2.05, 4.69) is 33.8 Å². The van der Waals surface area contributed by atoms with Crippen LogP contribution < -0.4 is 10.6 Å². The molecule has 2 N–H and O–H groups in total. The number of aliphatic imine (C=N–C) groups is 1. The van der Waals surface area contributed by atoms with Crippen molar-refractivity contribution in [3.63, 3.8) is 0 Å². The molecule has 0 bridgehead atoms. The minimum Gasteiger partial charge on any atom is -0.331 e. The number of aromatic nitrogens is 3. The molecule has 9 heteroatoms. The zero-order valence-corrected chi connectivity index (χ0v) is 19.5. The second-order valence-electron chi connectivity index (χ2n) is 7.47. The van der Waals surface area contributed by atoms with Crippen molar-refractivity contribution in [3.8, 4) is 5.00 Å². The zero-order valence-electron chi connectivity index (χ0n) is 17.9. The van der Waals surface area contributed by atoms with E-state index in [0.717, 1.165) is 39.8 Å². The molecule has 0 radical (unpaired) electrons. The highest BCUT2D eigenvalue weighted by atomic mass is 35.5. The van der Waals surface area contributed by atoms with Gasteiger partial charge in [0.25, 0.3) is 0 Å². The predicted molar refractivity (Wildman–Crippen MR) is 132 cm³/mol. The molecule has 4 aromatic rings. The van der Waals surface area contributed by atoms with Crippen LogP contribution in [0.5, 0.6) is 0 Å². The monoisotopic (exact) mass is 476 g/mol. The minimum absolute atomic E-state index is 0.228. The van der Waals surface area contributed by atoms with E-state index in [-0.39, 0.29) is 12.6 Å². The summed E-state index contributed by atoms with van der Waals surface area (Å²) in [4.78, 5) is 18.5. The van der Waals surface area contributed by atoms with Gasteiger partial charge in [0, 0.05) is 26.7 Å². The summed E-state index contributed by atoms with van der Waals surface area (Å²) in [5, 5.41) is 16.1. The first kappa shape index (κ1) is 21.4. The fourth-order valence-corrected chi connectivity index (χ4v) is 5.08. The Balaban J connectivity index is 1.47. The summed E-state index contributed by atoms with van der Waals surface area (Å²) in [5.41, 5.74) is 3.46. The van der Waals surface area contributed by atoms with E-state index >= 15 is 0 Å². The van der Waals surface area contributed by atoms with E-state index in [1.165, 1.54) is 4.88 Å². The SMILES string of the molecule is CCc1cc2c(s1)-n1c(nnc1CNC(=O)Nc1ccccc1)CN=C2c1ccccc1Cl. The van der Waals surface area contributed by atoms with E-state index in [4.69, 9.17) is 16.6 Å². The van der Waals surface area contributed by atoms with Crippen LogP contribution in [0.2, 0.25) is 5.02 Å². The Morgan fingerprint density at radius 2 is 1.88 bits per heavy atom. The topological polar surface area (TPSA) is 84.2 Å². The van der Waals surface area contributed by atoms with Crippen LogP contribution >= 0.6 is 22.9 Å². The van der Waals surface area contributed by atoms with Gasteiger partial charge in [-0.2, -0.15) is 0 Å². The van der Waals surface area contributed by atoms with Crippen molar-refractivity contribution in [2.45, 2.75) is 26.4 Å². The summed E-state index contributed by atoms with van der Waals surface area (Å²) in [6, 6.07) is 18.9. The van der Waals surface area contributed by atoms with Gasteiger partial charge in [0.2, 0.25) is 0 Å². The van der Waals surface area contributed by atoms with Crippen molar-refractivity contribution >= 4 is 40.4 Å². The molecule has 5 rings (SSSR count). The maximum absolute atomic E-state index is 12.4. The van der Waals surface area contributed by atoms with E-state index in [1.54, 1.807) is 11.3 Å². The van der Waals surface area contributed by atoms with Gasteiger partial charge in [-0.1, -0.05) is 54.9 Å². The molecule has 0 atom stereocenters. The van der Waals surface area contributed by atoms with Crippen molar-refractivity contribution in [3.05, 3.63) is 93.3 Å². The average Bonchev–Trinajstić information content (AvgIpc) is 3.40. The number of urea groups is 1. The largest absolute Gasteiger partial charge is 0.331 e. The number of nitrogens with one attached hydrogen (secondary N) is 2. The van der Waals surface area contributed by atoms with Crippen molar-refractivity contribution in [2.75, 3.05) is 5.32 Å². The molecule has 0 spiro atoms. The van der Waals surface area contributed by atoms with Crippen molar-refractivity contribution in [1.82, 2.24) is 20.1 Å². The molecule has 2 aromatic carbocycles. The quantitative estimate of drug-likeness (QED) is 0.414. The molecule has 0 fully saturated rings. The Morgan fingerprint density at radius 1 is 1.09 bits per heavy atom. The van der Waals surface area contributed by atoms with Gasteiger partial charge in [-0.15, -0.1) is 21.5 Å². The number of halogens is 1.